The fraction of sp³-hybridized carbons (Fsp3) is 0.556. The van der Waals surface area contributed by atoms with Crippen LogP contribution >= 0.6 is 0 Å². The van der Waals surface area contributed by atoms with E-state index < -0.39 is 0 Å². The maximum absolute atomic E-state index is 9.16. The van der Waals surface area contributed by atoms with Gasteiger partial charge in [0.2, 0.25) is 0 Å². The minimum Gasteiger partial charge on any atom is -0.392 e. The van der Waals surface area contributed by atoms with Gasteiger partial charge in [-0.25, -0.2) is 0 Å². The van der Waals surface area contributed by atoms with E-state index in [0.29, 0.717) is 18.8 Å². The summed E-state index contributed by atoms with van der Waals surface area (Å²) in [7, 11) is 0. The maximum Gasteiger partial charge on any atom is 0.0654 e. The molecule has 0 amide bonds. The second-order valence-corrected chi connectivity index (χ2v) is 2.51. The Morgan fingerprint density at radius 2 is 2.40 bits per heavy atom. The van der Waals surface area contributed by atoms with Gasteiger partial charge in [0, 0.05) is 6.42 Å². The van der Waals surface area contributed by atoms with Gasteiger partial charge in [-0.2, -0.15) is 0 Å². The molecule has 0 bridgehead atoms. The molecule has 0 fully saturated rings. The lowest BCUT2D eigenvalue weighted by molar-refractivity contribution is 0.158. The molecule has 0 rings (SSSR count). The number of aliphatic hydroxyl groups is 1. The first-order valence-electron chi connectivity index (χ1n) is 3.44. The molecule has 0 saturated heterocycles. The van der Waals surface area contributed by atoms with Gasteiger partial charge in [-0.05, 0) is 12.3 Å². The molecule has 1 N–H and O–H groups in total. The van der Waals surface area contributed by atoms with E-state index in [2.05, 4.69) is 12.5 Å². The normalized spacial score (nSPS) is 15.3. The largest absolute Gasteiger partial charge is 0.392 e. The number of terminal acetylenes is 1. The Labute approximate surface area is 62.8 Å². The van der Waals surface area contributed by atoms with Gasteiger partial charge in [0.25, 0.3) is 0 Å². The summed E-state index contributed by atoms with van der Waals surface area (Å²) in [5, 5.41) is 9.16. The van der Waals surface area contributed by atoms with Gasteiger partial charge in [-0.1, -0.05) is 13.0 Å². The van der Waals surface area contributed by atoms with Crippen molar-refractivity contribution in [1.29, 1.82) is 0 Å². The summed E-state index contributed by atoms with van der Waals surface area (Å²) in [5.41, 5.74) is 0. The first-order chi connectivity index (χ1) is 4.70. The van der Waals surface area contributed by atoms with Crippen LogP contribution in [-0.2, 0) is 0 Å². The van der Waals surface area contributed by atoms with E-state index in [1.807, 2.05) is 13.0 Å². The highest BCUT2D eigenvalue weighted by Gasteiger charge is 2.04. The molecule has 10 heavy (non-hydrogen) atoms. The van der Waals surface area contributed by atoms with Crippen LogP contribution in [0.4, 0.5) is 0 Å². The Morgan fingerprint density at radius 3 is 2.80 bits per heavy atom. The van der Waals surface area contributed by atoms with Gasteiger partial charge < -0.3 is 5.11 Å². The second-order valence-electron chi connectivity index (χ2n) is 2.51. The predicted molar refractivity (Wildman–Crippen MR) is 43.4 cm³/mol. The molecular formula is C9H14O. The van der Waals surface area contributed by atoms with Crippen molar-refractivity contribution < 1.29 is 5.11 Å². The average Bonchev–Trinajstić information content (AvgIpc) is 1.88. The monoisotopic (exact) mass is 138 g/mol. The van der Waals surface area contributed by atoms with Gasteiger partial charge >= 0.3 is 0 Å². The summed E-state index contributed by atoms with van der Waals surface area (Å²) in [5.74, 6) is 2.76. The third kappa shape index (κ3) is 4.17. The number of hydrogen-bond acceptors (Lipinski definition) is 1. The summed E-state index contributed by atoms with van der Waals surface area (Å²) in [6, 6.07) is 0. The molecule has 0 saturated carbocycles. The van der Waals surface area contributed by atoms with Gasteiger partial charge in [0.1, 0.15) is 0 Å². The van der Waals surface area contributed by atoms with E-state index in [-0.39, 0.29) is 6.10 Å². The molecule has 0 spiro atoms. The minimum absolute atomic E-state index is 0.350. The molecule has 0 aliphatic rings. The van der Waals surface area contributed by atoms with Crippen molar-refractivity contribution >= 4 is 0 Å². The molecule has 0 aliphatic carbocycles. The molecule has 56 valence electrons. The standard InChI is InChI=1S/C9H14O/c1-4-6-9(10)7-8(3)5-2/h1,5,8-10H,2,6-7H2,3H3/t8-,9-/m1/s1. The molecule has 1 heteroatoms. The third-order valence-electron chi connectivity index (χ3n) is 1.40. The highest BCUT2D eigenvalue weighted by atomic mass is 16.3. The number of rotatable bonds is 4. The van der Waals surface area contributed by atoms with E-state index >= 15 is 0 Å². The van der Waals surface area contributed by atoms with Crippen LogP contribution in [-0.4, -0.2) is 11.2 Å². The maximum atomic E-state index is 9.16. The van der Waals surface area contributed by atoms with Crippen LogP contribution < -0.4 is 0 Å². The lowest BCUT2D eigenvalue weighted by atomic mass is 10.0. The molecule has 0 unspecified atom stereocenters. The minimum atomic E-state index is -0.363. The summed E-state index contributed by atoms with van der Waals surface area (Å²) in [6.45, 7) is 5.62. The highest BCUT2D eigenvalue weighted by molar-refractivity contribution is 4.88. The van der Waals surface area contributed by atoms with E-state index in [1.165, 1.54) is 0 Å². The summed E-state index contributed by atoms with van der Waals surface area (Å²) < 4.78 is 0. The van der Waals surface area contributed by atoms with Crippen molar-refractivity contribution in [3.8, 4) is 12.3 Å². The van der Waals surface area contributed by atoms with E-state index in [9.17, 15) is 0 Å². The lowest BCUT2D eigenvalue weighted by Gasteiger charge is -2.09. The quantitative estimate of drug-likeness (QED) is 0.462. The van der Waals surface area contributed by atoms with Crippen LogP contribution in [0.2, 0.25) is 0 Å². The Hall–Kier alpha value is -0.740. The van der Waals surface area contributed by atoms with Crippen molar-refractivity contribution in [2.24, 2.45) is 5.92 Å². The molecule has 0 aliphatic heterocycles. The number of hydrogen-bond donors (Lipinski definition) is 1. The van der Waals surface area contributed by atoms with Gasteiger partial charge in [0.15, 0.2) is 0 Å². The van der Waals surface area contributed by atoms with Crippen molar-refractivity contribution in [2.75, 3.05) is 0 Å². The Morgan fingerprint density at radius 1 is 1.80 bits per heavy atom. The third-order valence-corrected chi connectivity index (χ3v) is 1.40. The Kier molecular flexibility index (Phi) is 4.70. The molecule has 0 radical (unpaired) electrons. The molecular weight excluding hydrogens is 124 g/mol. The number of allylic oxidation sites excluding steroid dienone is 1. The van der Waals surface area contributed by atoms with Gasteiger partial charge in [-0.3, -0.25) is 0 Å². The van der Waals surface area contributed by atoms with Crippen LogP contribution in [0.1, 0.15) is 19.8 Å². The smallest absolute Gasteiger partial charge is 0.0654 e. The zero-order chi connectivity index (χ0) is 7.98. The highest BCUT2D eigenvalue weighted by Crippen LogP contribution is 2.08. The van der Waals surface area contributed by atoms with Gasteiger partial charge in [0.05, 0.1) is 6.10 Å². The Bertz CT molecular complexity index is 132. The zero-order valence-electron chi connectivity index (χ0n) is 6.38. The summed E-state index contributed by atoms with van der Waals surface area (Å²) >= 11 is 0. The van der Waals surface area contributed by atoms with Crippen molar-refractivity contribution in [3.63, 3.8) is 0 Å². The molecule has 0 aromatic carbocycles. The number of aliphatic hydroxyl groups excluding tert-OH is 1. The Balaban J connectivity index is 3.48. The molecule has 1 nitrogen and oxygen atoms in total. The van der Waals surface area contributed by atoms with E-state index in [4.69, 9.17) is 11.5 Å². The fourth-order valence-electron chi connectivity index (χ4n) is 0.745. The van der Waals surface area contributed by atoms with Crippen LogP contribution in [0.3, 0.4) is 0 Å². The van der Waals surface area contributed by atoms with Crippen LogP contribution in [0.15, 0.2) is 12.7 Å². The average molecular weight is 138 g/mol. The zero-order valence-corrected chi connectivity index (χ0v) is 6.38. The SMILES string of the molecule is C#CC[C@@H](O)C[C@H](C)C=C. The topological polar surface area (TPSA) is 20.2 Å². The summed E-state index contributed by atoms with van der Waals surface area (Å²) in [6.07, 6.45) is 7.63. The van der Waals surface area contributed by atoms with Crippen LogP contribution in [0.5, 0.6) is 0 Å². The lowest BCUT2D eigenvalue weighted by Crippen LogP contribution is -2.08. The van der Waals surface area contributed by atoms with E-state index in [0.717, 1.165) is 0 Å². The second kappa shape index (κ2) is 5.08. The molecule has 0 heterocycles. The first-order valence-corrected chi connectivity index (χ1v) is 3.44. The van der Waals surface area contributed by atoms with Crippen molar-refractivity contribution in [1.82, 2.24) is 0 Å². The van der Waals surface area contributed by atoms with Gasteiger partial charge in [-0.15, -0.1) is 18.9 Å². The molecule has 0 aromatic heterocycles. The molecule has 2 atom stereocenters. The van der Waals surface area contributed by atoms with Crippen LogP contribution in [0.25, 0.3) is 0 Å². The van der Waals surface area contributed by atoms with Crippen molar-refractivity contribution in [2.45, 2.75) is 25.9 Å². The van der Waals surface area contributed by atoms with E-state index in [1.54, 1.807) is 0 Å². The molecule has 0 aromatic rings. The summed E-state index contributed by atoms with van der Waals surface area (Å²) in [4.78, 5) is 0. The fourth-order valence-corrected chi connectivity index (χ4v) is 0.745. The first kappa shape index (κ1) is 9.26. The van der Waals surface area contributed by atoms with Crippen LogP contribution in [0, 0.1) is 18.3 Å². The predicted octanol–water partition coefficient (Wildman–Crippen LogP) is 1.58. The van der Waals surface area contributed by atoms with Crippen molar-refractivity contribution in [3.05, 3.63) is 12.7 Å².